The zero-order valence-electron chi connectivity index (χ0n) is 18.8. The second kappa shape index (κ2) is 11.1. The molecule has 1 aromatic heterocycles. The Morgan fingerprint density at radius 2 is 1.76 bits per heavy atom. The molecule has 3 aromatic rings. The van der Waals surface area contributed by atoms with E-state index in [4.69, 9.17) is 4.74 Å². The van der Waals surface area contributed by atoms with Crippen molar-refractivity contribution in [3.05, 3.63) is 60.2 Å². The summed E-state index contributed by atoms with van der Waals surface area (Å²) in [6.07, 6.45) is 0. The third-order valence-electron chi connectivity index (χ3n) is 5.12. The molecule has 0 bridgehead atoms. The highest BCUT2D eigenvalue weighted by Crippen LogP contribution is 2.25. The lowest BCUT2D eigenvalue weighted by Crippen LogP contribution is -2.37. The predicted octanol–water partition coefficient (Wildman–Crippen LogP) is 4.31. The lowest BCUT2D eigenvalue weighted by Gasteiger charge is -2.27. The molecule has 2 heterocycles. The van der Waals surface area contributed by atoms with E-state index < -0.39 is 0 Å². The van der Waals surface area contributed by atoms with Crippen LogP contribution in [0.25, 0.3) is 0 Å². The smallest absolute Gasteiger partial charge is 0.234 e. The molecule has 0 radical (unpaired) electrons. The van der Waals surface area contributed by atoms with Crippen molar-refractivity contribution < 1.29 is 9.53 Å². The van der Waals surface area contributed by atoms with Gasteiger partial charge in [-0.25, -0.2) is 0 Å². The van der Waals surface area contributed by atoms with Gasteiger partial charge < -0.3 is 20.3 Å². The Bertz CT molecular complexity index is 1070. The number of nitrogens with zero attached hydrogens (tertiary/aromatic N) is 4. The molecule has 1 aliphatic rings. The van der Waals surface area contributed by atoms with Gasteiger partial charge in [0.1, 0.15) is 0 Å². The number of aromatic nitrogens is 3. The predicted molar refractivity (Wildman–Crippen MR) is 132 cm³/mol. The van der Waals surface area contributed by atoms with Crippen molar-refractivity contribution >= 4 is 40.9 Å². The second-order valence-corrected chi connectivity index (χ2v) is 8.85. The standard InChI is InChI=1S/C24H28N6O2S/c1-17(2)19-10-6-7-11-20(19)26-21(31)16-33-24-28-22(25-18-8-4-3-5-9-18)27-23(29-24)30-12-14-32-15-13-30/h3-11,17H,12-16H2,1-2H3,(H,26,31)(H,25,27,28,29). The lowest BCUT2D eigenvalue weighted by atomic mass is 10.0. The number of amides is 1. The Labute approximate surface area is 198 Å². The van der Waals surface area contributed by atoms with E-state index in [1.807, 2.05) is 54.6 Å². The van der Waals surface area contributed by atoms with Gasteiger partial charge in [-0.1, -0.05) is 62.0 Å². The van der Waals surface area contributed by atoms with Crippen LogP contribution in [0.5, 0.6) is 0 Å². The minimum Gasteiger partial charge on any atom is -0.378 e. The summed E-state index contributed by atoms with van der Waals surface area (Å²) in [6.45, 7) is 6.91. The topological polar surface area (TPSA) is 92.3 Å². The summed E-state index contributed by atoms with van der Waals surface area (Å²) < 4.78 is 5.45. The summed E-state index contributed by atoms with van der Waals surface area (Å²) in [6, 6.07) is 17.6. The number of anilines is 4. The average Bonchev–Trinajstić information content (AvgIpc) is 2.84. The van der Waals surface area contributed by atoms with Crippen LogP contribution in [0.2, 0.25) is 0 Å². The van der Waals surface area contributed by atoms with Crippen LogP contribution in [-0.2, 0) is 9.53 Å². The SMILES string of the molecule is CC(C)c1ccccc1NC(=O)CSc1nc(Nc2ccccc2)nc(N2CCOCC2)n1. The number of rotatable bonds is 8. The van der Waals surface area contributed by atoms with E-state index in [-0.39, 0.29) is 11.7 Å². The molecule has 1 amide bonds. The van der Waals surface area contributed by atoms with E-state index in [1.54, 1.807) is 0 Å². The summed E-state index contributed by atoms with van der Waals surface area (Å²) in [5.41, 5.74) is 2.84. The third-order valence-corrected chi connectivity index (χ3v) is 5.96. The Morgan fingerprint density at radius 1 is 1.03 bits per heavy atom. The van der Waals surface area contributed by atoms with Crippen molar-refractivity contribution in [3.63, 3.8) is 0 Å². The Kier molecular flexibility index (Phi) is 7.74. The normalized spacial score (nSPS) is 13.7. The first kappa shape index (κ1) is 23.0. The van der Waals surface area contributed by atoms with Gasteiger partial charge in [-0.3, -0.25) is 4.79 Å². The largest absolute Gasteiger partial charge is 0.378 e. The molecule has 172 valence electrons. The van der Waals surface area contributed by atoms with Gasteiger partial charge in [0, 0.05) is 24.5 Å². The van der Waals surface area contributed by atoms with Crippen molar-refractivity contribution in [2.75, 3.05) is 47.6 Å². The van der Waals surface area contributed by atoms with E-state index in [1.165, 1.54) is 11.8 Å². The molecule has 0 saturated carbocycles. The number of ether oxygens (including phenoxy) is 1. The van der Waals surface area contributed by atoms with Crippen LogP contribution in [0, 0.1) is 0 Å². The van der Waals surface area contributed by atoms with E-state index in [0.717, 1.165) is 16.9 Å². The van der Waals surface area contributed by atoms with E-state index in [0.29, 0.717) is 49.3 Å². The van der Waals surface area contributed by atoms with Gasteiger partial charge in [-0.05, 0) is 29.7 Å². The van der Waals surface area contributed by atoms with Crippen molar-refractivity contribution in [1.29, 1.82) is 0 Å². The fraction of sp³-hybridized carbons (Fsp3) is 0.333. The number of hydrogen-bond donors (Lipinski definition) is 2. The van der Waals surface area contributed by atoms with Gasteiger partial charge in [-0.15, -0.1) is 0 Å². The maximum absolute atomic E-state index is 12.7. The average molecular weight is 465 g/mol. The Balaban J connectivity index is 1.48. The number of carbonyl (C=O) groups excluding carboxylic acids is 1. The Morgan fingerprint density at radius 3 is 2.52 bits per heavy atom. The highest BCUT2D eigenvalue weighted by molar-refractivity contribution is 7.99. The summed E-state index contributed by atoms with van der Waals surface area (Å²) in [5, 5.41) is 6.76. The maximum atomic E-state index is 12.7. The third kappa shape index (κ3) is 6.43. The van der Waals surface area contributed by atoms with Gasteiger partial charge in [0.25, 0.3) is 0 Å². The number of benzene rings is 2. The molecule has 0 spiro atoms. The van der Waals surface area contributed by atoms with Crippen molar-refractivity contribution in [1.82, 2.24) is 15.0 Å². The van der Waals surface area contributed by atoms with Crippen molar-refractivity contribution in [2.45, 2.75) is 24.9 Å². The molecule has 1 fully saturated rings. The number of hydrogen-bond acceptors (Lipinski definition) is 8. The first-order chi connectivity index (χ1) is 16.1. The lowest BCUT2D eigenvalue weighted by molar-refractivity contribution is -0.113. The number of thioether (sulfide) groups is 1. The number of morpholine rings is 1. The highest BCUT2D eigenvalue weighted by Gasteiger charge is 2.18. The Hall–Kier alpha value is -3.17. The van der Waals surface area contributed by atoms with Crippen LogP contribution < -0.4 is 15.5 Å². The molecule has 1 aliphatic heterocycles. The molecule has 2 N–H and O–H groups in total. The highest BCUT2D eigenvalue weighted by atomic mass is 32.2. The molecular weight excluding hydrogens is 436 g/mol. The van der Waals surface area contributed by atoms with E-state index >= 15 is 0 Å². The van der Waals surface area contributed by atoms with Crippen molar-refractivity contribution in [2.24, 2.45) is 0 Å². The van der Waals surface area contributed by atoms with Gasteiger partial charge in [-0.2, -0.15) is 15.0 Å². The molecule has 33 heavy (non-hydrogen) atoms. The zero-order chi connectivity index (χ0) is 23.0. The molecule has 1 saturated heterocycles. The maximum Gasteiger partial charge on any atom is 0.234 e. The van der Waals surface area contributed by atoms with Gasteiger partial charge >= 0.3 is 0 Å². The molecule has 9 heteroatoms. The zero-order valence-corrected chi connectivity index (χ0v) is 19.6. The van der Waals surface area contributed by atoms with E-state index in [9.17, 15) is 4.79 Å². The van der Waals surface area contributed by atoms with Crippen LogP contribution in [0.3, 0.4) is 0 Å². The number of nitrogens with one attached hydrogen (secondary N) is 2. The monoisotopic (exact) mass is 464 g/mol. The summed E-state index contributed by atoms with van der Waals surface area (Å²) >= 11 is 1.29. The molecule has 2 aromatic carbocycles. The quantitative estimate of drug-likeness (QED) is 0.477. The minimum absolute atomic E-state index is 0.0981. The van der Waals surface area contributed by atoms with E-state index in [2.05, 4.69) is 44.3 Å². The van der Waals surface area contributed by atoms with Crippen molar-refractivity contribution in [3.8, 4) is 0 Å². The number of carbonyl (C=O) groups is 1. The molecule has 0 aliphatic carbocycles. The van der Waals surface area contributed by atoms with Gasteiger partial charge in [0.15, 0.2) is 5.16 Å². The molecule has 0 atom stereocenters. The fourth-order valence-corrected chi connectivity index (χ4v) is 4.08. The van der Waals surface area contributed by atoms with Gasteiger partial charge in [0.05, 0.1) is 19.0 Å². The first-order valence-corrected chi connectivity index (χ1v) is 12.0. The van der Waals surface area contributed by atoms with Crippen LogP contribution in [-0.4, -0.2) is 52.9 Å². The molecule has 4 rings (SSSR count). The van der Waals surface area contributed by atoms with Crippen LogP contribution in [0.4, 0.5) is 23.3 Å². The fourth-order valence-electron chi connectivity index (χ4n) is 3.45. The summed E-state index contributed by atoms with van der Waals surface area (Å²) in [4.78, 5) is 28.5. The first-order valence-electron chi connectivity index (χ1n) is 11.0. The second-order valence-electron chi connectivity index (χ2n) is 7.91. The minimum atomic E-state index is -0.0981. The molecular formula is C24H28N6O2S. The number of para-hydroxylation sites is 2. The van der Waals surface area contributed by atoms with Crippen LogP contribution in [0.15, 0.2) is 59.8 Å². The molecule has 8 nitrogen and oxygen atoms in total. The molecule has 0 unspecified atom stereocenters. The van der Waals surface area contributed by atoms with Gasteiger partial charge in [0.2, 0.25) is 17.8 Å². The van der Waals surface area contributed by atoms with Crippen LogP contribution >= 0.6 is 11.8 Å². The summed E-state index contributed by atoms with van der Waals surface area (Å²) in [5.74, 6) is 1.45. The summed E-state index contributed by atoms with van der Waals surface area (Å²) in [7, 11) is 0. The van der Waals surface area contributed by atoms with Crippen LogP contribution in [0.1, 0.15) is 25.3 Å².